The molecule has 1 aliphatic rings. The maximum atomic E-state index is 5.38. The fraction of sp³-hybridized carbons (Fsp3) is 0.650. The average Bonchev–Trinajstić information content (AvgIpc) is 3.06. The number of ether oxygens (including phenoxy) is 2. The maximum absolute atomic E-state index is 5.38. The van der Waals surface area contributed by atoms with E-state index in [0.717, 1.165) is 37.0 Å². The first-order chi connectivity index (χ1) is 12.6. The highest BCUT2D eigenvalue weighted by Crippen LogP contribution is 2.29. The summed E-state index contributed by atoms with van der Waals surface area (Å²) in [5, 5.41) is 6.70. The number of likely N-dealkylation sites (tertiary alicyclic amines) is 1. The van der Waals surface area contributed by atoms with Crippen molar-refractivity contribution in [2.45, 2.75) is 39.7 Å². The molecule has 6 nitrogen and oxygen atoms in total. The van der Waals surface area contributed by atoms with Crippen LogP contribution in [0.1, 0.15) is 33.6 Å². The summed E-state index contributed by atoms with van der Waals surface area (Å²) in [7, 11) is 3.28. The molecule has 1 aromatic rings. The molecule has 1 aliphatic heterocycles. The van der Waals surface area contributed by atoms with Crippen LogP contribution in [0.3, 0.4) is 0 Å². The molecule has 1 fully saturated rings. The Morgan fingerprint density at radius 3 is 2.69 bits per heavy atom. The van der Waals surface area contributed by atoms with Gasteiger partial charge in [0, 0.05) is 30.9 Å². The van der Waals surface area contributed by atoms with E-state index in [-0.39, 0.29) is 0 Å². The number of rotatable bonds is 8. The third-order valence-corrected chi connectivity index (χ3v) is 4.55. The zero-order valence-electron chi connectivity index (χ0n) is 16.8. The first kappa shape index (κ1) is 20.4. The molecule has 0 saturated carbocycles. The van der Waals surface area contributed by atoms with Gasteiger partial charge >= 0.3 is 0 Å². The number of nitrogens with zero attached hydrogens (tertiary/aromatic N) is 2. The van der Waals surface area contributed by atoms with Crippen LogP contribution in [-0.2, 0) is 0 Å². The molecule has 1 saturated heterocycles. The number of anilines is 1. The van der Waals surface area contributed by atoms with Gasteiger partial charge in [-0.05, 0) is 44.4 Å². The van der Waals surface area contributed by atoms with Crippen molar-refractivity contribution in [3.05, 3.63) is 18.2 Å². The van der Waals surface area contributed by atoms with Gasteiger partial charge in [0.2, 0.25) is 0 Å². The summed E-state index contributed by atoms with van der Waals surface area (Å²) in [5.41, 5.74) is 0.924. The van der Waals surface area contributed by atoms with Gasteiger partial charge in [-0.1, -0.05) is 13.8 Å². The Morgan fingerprint density at radius 2 is 2.04 bits per heavy atom. The number of methoxy groups -OCH3 is 2. The number of guanidine groups is 1. The van der Waals surface area contributed by atoms with Crippen LogP contribution in [0.2, 0.25) is 0 Å². The second-order valence-corrected chi connectivity index (χ2v) is 7.10. The minimum Gasteiger partial charge on any atom is -0.493 e. The molecule has 146 valence electrons. The molecule has 2 rings (SSSR count). The van der Waals surface area contributed by atoms with Gasteiger partial charge in [0.25, 0.3) is 0 Å². The van der Waals surface area contributed by atoms with Gasteiger partial charge in [-0.25, -0.2) is 0 Å². The normalized spacial score (nSPS) is 18.2. The van der Waals surface area contributed by atoms with Crippen LogP contribution < -0.4 is 20.1 Å². The molecule has 0 aliphatic carbocycles. The van der Waals surface area contributed by atoms with Crippen molar-refractivity contribution in [1.29, 1.82) is 0 Å². The van der Waals surface area contributed by atoms with E-state index in [1.165, 1.54) is 19.4 Å². The summed E-state index contributed by atoms with van der Waals surface area (Å²) < 4.78 is 10.7. The number of aliphatic imine (C=N–C) groups is 1. The summed E-state index contributed by atoms with van der Waals surface area (Å²) in [5.74, 6) is 2.91. The lowest BCUT2D eigenvalue weighted by molar-refractivity contribution is 0.231. The lowest BCUT2D eigenvalue weighted by atomic mass is 10.2. The molecule has 0 unspecified atom stereocenters. The SMILES string of the molecule is CCNC(=NC[C@H]1CCCN1CC(C)C)Nc1ccc(OC)c(OC)c1. The average molecular weight is 363 g/mol. The van der Waals surface area contributed by atoms with Crippen molar-refractivity contribution < 1.29 is 9.47 Å². The molecule has 6 heteroatoms. The second-order valence-electron chi connectivity index (χ2n) is 7.10. The smallest absolute Gasteiger partial charge is 0.195 e. The van der Waals surface area contributed by atoms with Crippen LogP contribution in [0.15, 0.2) is 23.2 Å². The van der Waals surface area contributed by atoms with Crippen LogP contribution in [0, 0.1) is 5.92 Å². The summed E-state index contributed by atoms with van der Waals surface area (Å²) >= 11 is 0. The van der Waals surface area contributed by atoms with Crippen LogP contribution in [0.5, 0.6) is 11.5 Å². The predicted molar refractivity (Wildman–Crippen MR) is 109 cm³/mol. The molecule has 26 heavy (non-hydrogen) atoms. The van der Waals surface area contributed by atoms with E-state index >= 15 is 0 Å². The summed E-state index contributed by atoms with van der Waals surface area (Å²) in [6.45, 7) is 10.6. The summed E-state index contributed by atoms with van der Waals surface area (Å²) in [6, 6.07) is 6.33. The Balaban J connectivity index is 2.04. The molecule has 0 amide bonds. The molecule has 2 N–H and O–H groups in total. The number of hydrogen-bond acceptors (Lipinski definition) is 4. The van der Waals surface area contributed by atoms with Gasteiger partial charge in [-0.15, -0.1) is 0 Å². The molecule has 0 spiro atoms. The fourth-order valence-corrected chi connectivity index (χ4v) is 3.37. The Hall–Kier alpha value is -1.95. The predicted octanol–water partition coefficient (Wildman–Crippen LogP) is 3.20. The Labute approximate surface area is 158 Å². The van der Waals surface area contributed by atoms with E-state index in [9.17, 15) is 0 Å². The molecular formula is C20H34N4O2. The van der Waals surface area contributed by atoms with E-state index in [1.54, 1.807) is 14.2 Å². The van der Waals surface area contributed by atoms with Gasteiger partial charge in [0.05, 0.1) is 20.8 Å². The first-order valence-corrected chi connectivity index (χ1v) is 9.58. The molecule has 0 bridgehead atoms. The molecule has 1 heterocycles. The minimum absolute atomic E-state index is 0.540. The van der Waals surface area contributed by atoms with Crippen molar-refractivity contribution in [2.75, 3.05) is 45.7 Å². The molecule has 1 atom stereocenters. The van der Waals surface area contributed by atoms with Crippen LogP contribution in [0.4, 0.5) is 5.69 Å². The highest BCUT2D eigenvalue weighted by Gasteiger charge is 2.24. The summed E-state index contributed by atoms with van der Waals surface area (Å²) in [6.07, 6.45) is 2.50. The Bertz CT molecular complexity index is 589. The topological polar surface area (TPSA) is 58.1 Å². The number of hydrogen-bond donors (Lipinski definition) is 2. The van der Waals surface area contributed by atoms with Crippen LogP contribution in [-0.4, -0.2) is 57.3 Å². The van der Waals surface area contributed by atoms with E-state index < -0.39 is 0 Å². The first-order valence-electron chi connectivity index (χ1n) is 9.58. The van der Waals surface area contributed by atoms with E-state index in [2.05, 4.69) is 36.3 Å². The molecular weight excluding hydrogens is 328 g/mol. The largest absolute Gasteiger partial charge is 0.493 e. The van der Waals surface area contributed by atoms with E-state index in [0.29, 0.717) is 17.7 Å². The lowest BCUT2D eigenvalue weighted by Gasteiger charge is -2.25. The van der Waals surface area contributed by atoms with Crippen molar-refractivity contribution in [3.8, 4) is 11.5 Å². The van der Waals surface area contributed by atoms with Crippen molar-refractivity contribution in [3.63, 3.8) is 0 Å². The van der Waals surface area contributed by atoms with Crippen molar-refractivity contribution in [1.82, 2.24) is 10.2 Å². The van der Waals surface area contributed by atoms with E-state index in [1.807, 2.05) is 18.2 Å². The maximum Gasteiger partial charge on any atom is 0.195 e. The van der Waals surface area contributed by atoms with Gasteiger partial charge < -0.3 is 20.1 Å². The molecule has 0 aromatic heterocycles. The molecule has 1 aromatic carbocycles. The van der Waals surface area contributed by atoms with Gasteiger partial charge in [-0.2, -0.15) is 0 Å². The molecule has 0 radical (unpaired) electrons. The number of nitrogens with one attached hydrogen (secondary N) is 2. The second kappa shape index (κ2) is 10.3. The zero-order valence-corrected chi connectivity index (χ0v) is 16.8. The Morgan fingerprint density at radius 1 is 1.27 bits per heavy atom. The highest BCUT2D eigenvalue weighted by molar-refractivity contribution is 5.93. The third kappa shape index (κ3) is 5.80. The zero-order chi connectivity index (χ0) is 18.9. The quantitative estimate of drug-likeness (QED) is 0.549. The standard InChI is InChI=1S/C20H34N4O2/c1-6-21-20(22-13-17-8-7-11-24(17)14-15(2)3)23-16-9-10-18(25-4)19(12-16)26-5/h9-10,12,15,17H,6-8,11,13-14H2,1-5H3,(H2,21,22,23)/t17-/m1/s1. The van der Waals surface area contributed by atoms with E-state index in [4.69, 9.17) is 14.5 Å². The Kier molecular flexibility index (Phi) is 8.04. The minimum atomic E-state index is 0.540. The van der Waals surface area contributed by atoms with Gasteiger partial charge in [0.15, 0.2) is 17.5 Å². The number of benzene rings is 1. The third-order valence-electron chi connectivity index (χ3n) is 4.55. The summed E-state index contributed by atoms with van der Waals surface area (Å²) in [4.78, 5) is 7.40. The van der Waals surface area contributed by atoms with Crippen molar-refractivity contribution in [2.24, 2.45) is 10.9 Å². The van der Waals surface area contributed by atoms with Gasteiger partial charge in [-0.3, -0.25) is 9.89 Å². The van der Waals surface area contributed by atoms with Crippen LogP contribution in [0.25, 0.3) is 0 Å². The van der Waals surface area contributed by atoms with Crippen molar-refractivity contribution >= 4 is 11.6 Å². The van der Waals surface area contributed by atoms with Crippen LogP contribution >= 0.6 is 0 Å². The highest BCUT2D eigenvalue weighted by atomic mass is 16.5. The lowest BCUT2D eigenvalue weighted by Crippen LogP contribution is -2.36. The fourth-order valence-electron chi connectivity index (χ4n) is 3.37. The monoisotopic (exact) mass is 362 g/mol. The van der Waals surface area contributed by atoms with Gasteiger partial charge in [0.1, 0.15) is 0 Å².